The molecular formula is C30H43NO4. The number of ether oxygens (including phenoxy) is 1. The van der Waals surface area contributed by atoms with E-state index in [-0.39, 0.29) is 33.0 Å². The molecule has 6 aliphatic rings. The molecule has 2 heterocycles. The molecule has 2 bridgehead atoms. The van der Waals surface area contributed by atoms with Crippen LogP contribution in [0, 0.1) is 38.9 Å². The maximum absolute atomic E-state index is 12.2. The second kappa shape index (κ2) is 6.45. The molecule has 35 heavy (non-hydrogen) atoms. The van der Waals surface area contributed by atoms with Gasteiger partial charge >= 0.3 is 0 Å². The molecule has 1 aromatic rings. The molecule has 0 amide bonds. The highest BCUT2D eigenvalue weighted by molar-refractivity contribution is 5.44. The number of aliphatic hydroxyl groups excluding tert-OH is 2. The maximum atomic E-state index is 12.2. The molecule has 0 radical (unpaired) electrons. The fourth-order valence-corrected chi connectivity index (χ4v) is 11.1. The molecule has 1 unspecified atom stereocenters. The normalized spacial score (nSPS) is 55.7. The molecule has 10 atom stereocenters. The predicted octanol–water partition coefficient (Wildman–Crippen LogP) is 5.76. The largest absolute Gasteiger partial charge is 0.386 e. The maximum Gasteiger partial charge on any atom is 0.161 e. The molecule has 0 aromatic carbocycles. The fraction of sp³-hybridized carbons (Fsp3) is 0.833. The lowest BCUT2D eigenvalue weighted by Gasteiger charge is -2.71. The highest BCUT2D eigenvalue weighted by Gasteiger charge is 2.80. The summed E-state index contributed by atoms with van der Waals surface area (Å²) in [5.74, 6) is 2.03. The first-order valence-corrected chi connectivity index (χ1v) is 14.0. The second-order valence-corrected chi connectivity index (χ2v) is 14.9. The first kappa shape index (κ1) is 23.0. The first-order chi connectivity index (χ1) is 16.3. The Morgan fingerprint density at radius 2 is 1.74 bits per heavy atom. The SMILES string of the molecule is C[C@@H]1c2oncc2C[C@]2(C)C3=C[C@@H](O)[C@]45OC(O)[C@@]6(CCC(C)(C)C[C@H]64)CC[C@@]5(C)[C@]3(C)CC[C@@H]12. The Kier molecular flexibility index (Phi) is 4.23. The standard InChI is InChI=1S/C30H43NO4/c1-17-19-7-8-27(5)20(26(19,4)14-18-16-31-35-23(17)18)13-22(32)30-21-15-25(2,3)9-11-29(21,24(33)34-30)12-10-28(27,30)6/h13,16-17,19,21-22,24,32-33H,7-12,14-15H2,1-6H3/t17-,19-,21+,22+,24?,26-,27+,28-,29-,30+/m0/s1. The van der Waals surface area contributed by atoms with E-state index in [9.17, 15) is 10.2 Å². The van der Waals surface area contributed by atoms with Crippen LogP contribution in [0.5, 0.6) is 0 Å². The van der Waals surface area contributed by atoms with Crippen molar-refractivity contribution in [1.29, 1.82) is 0 Å². The minimum absolute atomic E-state index is 0.0475. The monoisotopic (exact) mass is 481 g/mol. The molecule has 1 aliphatic heterocycles. The van der Waals surface area contributed by atoms with E-state index in [1.54, 1.807) is 0 Å². The molecule has 5 heteroatoms. The van der Waals surface area contributed by atoms with Gasteiger partial charge in [0.1, 0.15) is 17.5 Å². The third kappa shape index (κ3) is 2.33. The second-order valence-electron chi connectivity index (χ2n) is 14.9. The van der Waals surface area contributed by atoms with Gasteiger partial charge in [0.15, 0.2) is 6.29 Å². The summed E-state index contributed by atoms with van der Waals surface area (Å²) >= 11 is 0. The summed E-state index contributed by atoms with van der Waals surface area (Å²) in [6.45, 7) is 14.3. The molecular weight excluding hydrogens is 438 g/mol. The number of aromatic nitrogens is 1. The molecule has 1 saturated heterocycles. The van der Waals surface area contributed by atoms with Crippen LogP contribution >= 0.6 is 0 Å². The number of allylic oxidation sites excluding steroid dienone is 1. The summed E-state index contributed by atoms with van der Waals surface area (Å²) in [6, 6.07) is 0. The summed E-state index contributed by atoms with van der Waals surface area (Å²) in [7, 11) is 0. The molecule has 1 spiro atoms. The zero-order valence-electron chi connectivity index (χ0n) is 22.4. The molecule has 5 nitrogen and oxygen atoms in total. The smallest absolute Gasteiger partial charge is 0.161 e. The van der Waals surface area contributed by atoms with Gasteiger partial charge in [-0.3, -0.25) is 0 Å². The molecule has 4 fully saturated rings. The van der Waals surface area contributed by atoms with Crippen LogP contribution < -0.4 is 0 Å². The van der Waals surface area contributed by atoms with Crippen LogP contribution in [0.3, 0.4) is 0 Å². The van der Waals surface area contributed by atoms with Crippen molar-refractivity contribution in [2.24, 2.45) is 38.9 Å². The number of aliphatic hydroxyl groups is 2. The van der Waals surface area contributed by atoms with Gasteiger partial charge in [-0.15, -0.1) is 0 Å². The van der Waals surface area contributed by atoms with Crippen molar-refractivity contribution in [1.82, 2.24) is 5.16 Å². The van der Waals surface area contributed by atoms with Crippen molar-refractivity contribution in [3.8, 4) is 0 Å². The minimum Gasteiger partial charge on any atom is -0.386 e. The van der Waals surface area contributed by atoms with Crippen molar-refractivity contribution >= 4 is 0 Å². The van der Waals surface area contributed by atoms with Crippen molar-refractivity contribution in [3.05, 3.63) is 29.2 Å². The summed E-state index contributed by atoms with van der Waals surface area (Å²) < 4.78 is 12.5. The van der Waals surface area contributed by atoms with Crippen LogP contribution in [0.25, 0.3) is 0 Å². The third-order valence-corrected chi connectivity index (χ3v) is 13.2. The van der Waals surface area contributed by atoms with E-state index in [0.29, 0.717) is 11.8 Å². The van der Waals surface area contributed by atoms with E-state index >= 15 is 0 Å². The van der Waals surface area contributed by atoms with Crippen LogP contribution in [-0.4, -0.2) is 33.4 Å². The lowest BCUT2D eigenvalue weighted by Crippen LogP contribution is -2.72. The van der Waals surface area contributed by atoms with Crippen molar-refractivity contribution in [2.75, 3.05) is 0 Å². The Balaban J connectivity index is 1.42. The minimum atomic E-state index is -0.778. The highest BCUT2D eigenvalue weighted by atomic mass is 16.6. The van der Waals surface area contributed by atoms with Crippen LogP contribution in [0.2, 0.25) is 0 Å². The van der Waals surface area contributed by atoms with Gasteiger partial charge < -0.3 is 19.5 Å². The molecule has 1 aromatic heterocycles. The fourth-order valence-electron chi connectivity index (χ4n) is 11.1. The van der Waals surface area contributed by atoms with Gasteiger partial charge in [-0.05, 0) is 73.5 Å². The molecule has 5 aliphatic carbocycles. The van der Waals surface area contributed by atoms with Gasteiger partial charge in [-0.2, -0.15) is 0 Å². The third-order valence-electron chi connectivity index (χ3n) is 13.2. The van der Waals surface area contributed by atoms with Gasteiger partial charge in [-0.1, -0.05) is 58.3 Å². The number of hydrogen-bond donors (Lipinski definition) is 2. The molecule has 7 rings (SSSR count). The first-order valence-electron chi connectivity index (χ1n) is 14.0. The topological polar surface area (TPSA) is 75.7 Å². The Bertz CT molecular complexity index is 1120. The van der Waals surface area contributed by atoms with Gasteiger partial charge in [0, 0.05) is 28.2 Å². The van der Waals surface area contributed by atoms with Gasteiger partial charge in [0.25, 0.3) is 0 Å². The number of hydrogen-bond acceptors (Lipinski definition) is 5. The summed E-state index contributed by atoms with van der Waals surface area (Å²) in [5, 5.41) is 27.9. The zero-order chi connectivity index (χ0) is 24.8. The Hall–Kier alpha value is -1.17. The Morgan fingerprint density at radius 3 is 2.51 bits per heavy atom. The average molecular weight is 482 g/mol. The van der Waals surface area contributed by atoms with E-state index in [1.165, 1.54) is 11.1 Å². The lowest BCUT2D eigenvalue weighted by atomic mass is 9.33. The van der Waals surface area contributed by atoms with Crippen LogP contribution in [0.1, 0.15) is 104 Å². The Morgan fingerprint density at radius 1 is 1.00 bits per heavy atom. The van der Waals surface area contributed by atoms with E-state index < -0.39 is 18.0 Å². The zero-order valence-corrected chi connectivity index (χ0v) is 22.4. The van der Waals surface area contributed by atoms with E-state index in [0.717, 1.165) is 57.1 Å². The van der Waals surface area contributed by atoms with E-state index in [2.05, 4.69) is 52.8 Å². The molecule has 2 N–H and O–H groups in total. The van der Waals surface area contributed by atoms with Crippen LogP contribution in [-0.2, 0) is 11.2 Å². The average Bonchev–Trinajstić information content (AvgIpc) is 3.31. The highest BCUT2D eigenvalue weighted by Crippen LogP contribution is 2.79. The summed E-state index contributed by atoms with van der Waals surface area (Å²) in [6.07, 6.45) is 10.9. The quantitative estimate of drug-likeness (QED) is 0.461. The van der Waals surface area contributed by atoms with Crippen molar-refractivity contribution in [2.45, 2.75) is 117 Å². The summed E-state index contributed by atoms with van der Waals surface area (Å²) in [4.78, 5) is 0. The van der Waals surface area contributed by atoms with Gasteiger partial charge in [0.05, 0.1) is 6.20 Å². The molecule has 192 valence electrons. The van der Waals surface area contributed by atoms with Gasteiger partial charge in [0.2, 0.25) is 0 Å². The van der Waals surface area contributed by atoms with E-state index in [1.807, 2.05) is 6.20 Å². The van der Waals surface area contributed by atoms with Crippen molar-refractivity contribution in [3.63, 3.8) is 0 Å². The van der Waals surface area contributed by atoms with Gasteiger partial charge in [-0.25, -0.2) is 0 Å². The number of rotatable bonds is 0. The number of fused-ring (bicyclic) bond motifs is 5. The Labute approximate surface area is 209 Å². The van der Waals surface area contributed by atoms with Crippen LogP contribution in [0.15, 0.2) is 22.4 Å². The number of nitrogens with zero attached hydrogens (tertiary/aromatic N) is 1. The van der Waals surface area contributed by atoms with Crippen molar-refractivity contribution < 1.29 is 19.5 Å². The van der Waals surface area contributed by atoms with Crippen LogP contribution in [0.4, 0.5) is 0 Å². The predicted molar refractivity (Wildman–Crippen MR) is 132 cm³/mol. The lowest BCUT2D eigenvalue weighted by molar-refractivity contribution is -0.263. The summed E-state index contributed by atoms with van der Waals surface area (Å²) in [5.41, 5.74) is 1.53. The van der Waals surface area contributed by atoms with E-state index in [4.69, 9.17) is 9.26 Å². The molecule has 3 saturated carbocycles.